The van der Waals surface area contributed by atoms with Gasteiger partial charge in [0, 0.05) is 25.3 Å². The summed E-state index contributed by atoms with van der Waals surface area (Å²) in [7, 11) is 2.04. The zero-order chi connectivity index (χ0) is 15.1. The fraction of sp³-hybridized carbons (Fsp3) is 0.333. The van der Waals surface area contributed by atoms with Crippen molar-refractivity contribution in [1.82, 2.24) is 5.32 Å². The smallest absolute Gasteiger partial charge is 0.123 e. The number of rotatable bonds is 7. The van der Waals surface area contributed by atoms with E-state index in [0.29, 0.717) is 0 Å². The van der Waals surface area contributed by atoms with E-state index in [1.165, 1.54) is 17.7 Å². The number of hydrogen-bond acceptors (Lipinski definition) is 2. The number of benzene rings is 2. The van der Waals surface area contributed by atoms with Gasteiger partial charge in [0.25, 0.3) is 0 Å². The summed E-state index contributed by atoms with van der Waals surface area (Å²) in [5.41, 5.74) is 2.30. The largest absolute Gasteiger partial charge is 0.373 e. The van der Waals surface area contributed by atoms with Gasteiger partial charge >= 0.3 is 0 Å². The van der Waals surface area contributed by atoms with Crippen LogP contribution in [-0.2, 0) is 0 Å². The fourth-order valence-corrected chi connectivity index (χ4v) is 2.37. The molecule has 0 amide bonds. The van der Waals surface area contributed by atoms with E-state index in [0.717, 1.165) is 25.2 Å². The molecule has 2 rings (SSSR count). The molecule has 0 spiro atoms. The van der Waals surface area contributed by atoms with E-state index in [1.54, 1.807) is 0 Å². The second-order valence-electron chi connectivity index (χ2n) is 5.27. The molecule has 0 saturated heterocycles. The minimum Gasteiger partial charge on any atom is -0.373 e. The van der Waals surface area contributed by atoms with Gasteiger partial charge in [0.05, 0.1) is 0 Å². The van der Waals surface area contributed by atoms with Gasteiger partial charge in [0.2, 0.25) is 0 Å². The maximum absolute atomic E-state index is 13.0. The van der Waals surface area contributed by atoms with Crippen LogP contribution in [0.4, 0.5) is 10.1 Å². The topological polar surface area (TPSA) is 15.3 Å². The molecular weight excluding hydrogens is 263 g/mol. The van der Waals surface area contributed by atoms with E-state index in [4.69, 9.17) is 0 Å². The second kappa shape index (κ2) is 7.79. The molecule has 2 nitrogen and oxygen atoms in total. The van der Waals surface area contributed by atoms with Crippen LogP contribution in [0.3, 0.4) is 0 Å². The van der Waals surface area contributed by atoms with Gasteiger partial charge in [-0.15, -0.1) is 0 Å². The molecule has 0 bridgehead atoms. The van der Waals surface area contributed by atoms with Crippen molar-refractivity contribution >= 4 is 5.69 Å². The highest BCUT2D eigenvalue weighted by Crippen LogP contribution is 2.19. The van der Waals surface area contributed by atoms with Gasteiger partial charge < -0.3 is 10.2 Å². The molecule has 1 atom stereocenters. The Morgan fingerprint density at radius 3 is 2.33 bits per heavy atom. The van der Waals surface area contributed by atoms with Crippen LogP contribution in [0.25, 0.3) is 0 Å². The number of halogens is 1. The molecule has 21 heavy (non-hydrogen) atoms. The minimum atomic E-state index is -0.198. The summed E-state index contributed by atoms with van der Waals surface area (Å²) in [6.45, 7) is 3.99. The van der Waals surface area contributed by atoms with Crippen LogP contribution in [0, 0.1) is 5.82 Å². The Morgan fingerprint density at radius 1 is 1.05 bits per heavy atom. The first-order valence-electron chi connectivity index (χ1n) is 7.45. The molecule has 1 unspecified atom stereocenters. The molecular formula is C18H23FN2. The molecule has 0 saturated carbocycles. The molecule has 3 heteroatoms. The Morgan fingerprint density at radius 2 is 1.71 bits per heavy atom. The Balaban J connectivity index is 2.09. The van der Waals surface area contributed by atoms with Crippen LogP contribution in [0.15, 0.2) is 54.6 Å². The molecule has 2 aromatic rings. The number of hydrogen-bond donors (Lipinski definition) is 1. The summed E-state index contributed by atoms with van der Waals surface area (Å²) in [4.78, 5) is 2.15. The third-order valence-electron chi connectivity index (χ3n) is 3.57. The molecule has 0 aliphatic rings. The van der Waals surface area contributed by atoms with E-state index >= 15 is 0 Å². The summed E-state index contributed by atoms with van der Waals surface area (Å²) >= 11 is 0. The highest BCUT2D eigenvalue weighted by molar-refractivity contribution is 5.45. The summed E-state index contributed by atoms with van der Waals surface area (Å²) in [5.74, 6) is -0.198. The molecule has 112 valence electrons. The van der Waals surface area contributed by atoms with E-state index in [9.17, 15) is 4.39 Å². The first-order valence-corrected chi connectivity index (χ1v) is 7.45. The molecule has 0 radical (unpaired) electrons. The van der Waals surface area contributed by atoms with Gasteiger partial charge in [0.1, 0.15) is 5.82 Å². The van der Waals surface area contributed by atoms with Gasteiger partial charge in [-0.05, 0) is 42.8 Å². The average Bonchev–Trinajstić information content (AvgIpc) is 2.52. The van der Waals surface area contributed by atoms with Crippen molar-refractivity contribution in [1.29, 1.82) is 0 Å². The zero-order valence-corrected chi connectivity index (χ0v) is 12.7. The van der Waals surface area contributed by atoms with E-state index in [2.05, 4.69) is 41.4 Å². The quantitative estimate of drug-likeness (QED) is 0.827. The van der Waals surface area contributed by atoms with Crippen molar-refractivity contribution in [3.05, 3.63) is 66.0 Å². The van der Waals surface area contributed by atoms with Crippen LogP contribution >= 0.6 is 0 Å². The molecule has 0 aliphatic carbocycles. The van der Waals surface area contributed by atoms with Crippen LogP contribution < -0.4 is 10.2 Å². The van der Waals surface area contributed by atoms with Gasteiger partial charge in [-0.1, -0.05) is 37.3 Å². The predicted molar refractivity (Wildman–Crippen MR) is 87.1 cm³/mol. The van der Waals surface area contributed by atoms with Crippen LogP contribution in [-0.4, -0.2) is 20.1 Å². The normalized spacial score (nSPS) is 12.1. The first kappa shape index (κ1) is 15.5. The lowest BCUT2D eigenvalue weighted by Gasteiger charge is -2.27. The van der Waals surface area contributed by atoms with E-state index in [-0.39, 0.29) is 11.9 Å². The maximum atomic E-state index is 13.0. The van der Waals surface area contributed by atoms with Crippen molar-refractivity contribution in [2.45, 2.75) is 19.4 Å². The maximum Gasteiger partial charge on any atom is 0.123 e. The lowest BCUT2D eigenvalue weighted by atomic mass is 10.1. The van der Waals surface area contributed by atoms with Crippen LogP contribution in [0.5, 0.6) is 0 Å². The lowest BCUT2D eigenvalue weighted by molar-refractivity contribution is 0.530. The van der Waals surface area contributed by atoms with Gasteiger partial charge in [-0.3, -0.25) is 0 Å². The minimum absolute atomic E-state index is 0.198. The number of nitrogens with one attached hydrogen (secondary N) is 1. The number of likely N-dealkylation sites (N-methyl/N-ethyl adjacent to an activating group) is 1. The Hall–Kier alpha value is -1.87. The monoisotopic (exact) mass is 286 g/mol. The second-order valence-corrected chi connectivity index (χ2v) is 5.27. The van der Waals surface area contributed by atoms with Crippen molar-refractivity contribution in [3.63, 3.8) is 0 Å². The van der Waals surface area contributed by atoms with Crippen molar-refractivity contribution < 1.29 is 4.39 Å². The lowest BCUT2D eigenvalue weighted by Crippen LogP contribution is -2.33. The van der Waals surface area contributed by atoms with Crippen molar-refractivity contribution in [3.8, 4) is 0 Å². The summed E-state index contributed by atoms with van der Waals surface area (Å²) in [5, 5.41) is 3.58. The fourth-order valence-electron chi connectivity index (χ4n) is 2.37. The number of anilines is 1. The van der Waals surface area contributed by atoms with Crippen molar-refractivity contribution in [2.24, 2.45) is 0 Å². The SMILES string of the molecule is CCCNC(CN(C)c1ccc(F)cc1)c1ccccc1. The van der Waals surface area contributed by atoms with Gasteiger partial charge in [-0.2, -0.15) is 0 Å². The molecule has 0 aromatic heterocycles. The third kappa shape index (κ3) is 4.57. The average molecular weight is 286 g/mol. The molecule has 2 aromatic carbocycles. The van der Waals surface area contributed by atoms with Gasteiger partial charge in [-0.25, -0.2) is 4.39 Å². The predicted octanol–water partition coefficient (Wildman–Crippen LogP) is 4.00. The van der Waals surface area contributed by atoms with E-state index in [1.807, 2.05) is 25.2 Å². The molecule has 0 aliphatic heterocycles. The Bertz CT molecular complexity index is 525. The summed E-state index contributed by atoms with van der Waals surface area (Å²) in [6.07, 6.45) is 1.10. The Labute approximate surface area is 126 Å². The highest BCUT2D eigenvalue weighted by Gasteiger charge is 2.13. The molecule has 0 heterocycles. The summed E-state index contributed by atoms with van der Waals surface area (Å²) < 4.78 is 13.0. The highest BCUT2D eigenvalue weighted by atomic mass is 19.1. The zero-order valence-electron chi connectivity index (χ0n) is 12.7. The van der Waals surface area contributed by atoms with Crippen LogP contribution in [0.1, 0.15) is 24.9 Å². The van der Waals surface area contributed by atoms with Crippen LogP contribution in [0.2, 0.25) is 0 Å². The standard InChI is InChI=1S/C18H23FN2/c1-3-13-20-18(15-7-5-4-6-8-15)14-21(2)17-11-9-16(19)10-12-17/h4-12,18,20H,3,13-14H2,1-2H3. The molecule has 1 N–H and O–H groups in total. The third-order valence-corrected chi connectivity index (χ3v) is 3.57. The Kier molecular flexibility index (Phi) is 5.76. The van der Waals surface area contributed by atoms with E-state index < -0.39 is 0 Å². The van der Waals surface area contributed by atoms with Crippen molar-refractivity contribution in [2.75, 3.05) is 25.0 Å². The van der Waals surface area contributed by atoms with Gasteiger partial charge in [0.15, 0.2) is 0 Å². The first-order chi connectivity index (χ1) is 10.2. The summed E-state index contributed by atoms with van der Waals surface area (Å²) in [6, 6.07) is 17.4. The molecule has 0 fully saturated rings. The number of nitrogens with zero attached hydrogens (tertiary/aromatic N) is 1.